The first-order valence-corrected chi connectivity index (χ1v) is 7.87. The number of carbonyl (C=O) groups is 1. The SMILES string of the molecule is CC[C@H]1C[C@@H]1C(=O)NCC1(c2ccnc(OC(F)F)c2)CCO1. The molecule has 2 fully saturated rings. The standard InChI is InChI=1S/C16H20F2N2O3/c1-2-10-7-12(10)14(21)20-9-16(4-6-22-16)11-3-5-19-13(8-11)23-15(17)18/h3,5,8,10,12,15H,2,4,6-7,9H2,1H3,(H,20,21)/t10-,12-,16?/m0/s1. The van der Waals surface area contributed by atoms with Gasteiger partial charge in [0.05, 0.1) is 13.2 Å². The van der Waals surface area contributed by atoms with E-state index in [9.17, 15) is 13.6 Å². The van der Waals surface area contributed by atoms with Crippen LogP contribution in [0.2, 0.25) is 0 Å². The minimum Gasteiger partial charge on any atom is -0.417 e. The van der Waals surface area contributed by atoms with Crippen molar-refractivity contribution in [3.05, 3.63) is 23.9 Å². The summed E-state index contributed by atoms with van der Waals surface area (Å²) in [5.74, 6) is 0.490. The molecule has 0 spiro atoms. The van der Waals surface area contributed by atoms with Crippen LogP contribution in [0.4, 0.5) is 8.78 Å². The number of hydrogen-bond donors (Lipinski definition) is 1. The molecule has 2 aliphatic rings. The molecule has 1 N–H and O–H groups in total. The van der Waals surface area contributed by atoms with Crippen molar-refractivity contribution in [3.8, 4) is 5.88 Å². The Labute approximate surface area is 133 Å². The highest BCUT2D eigenvalue weighted by atomic mass is 19.3. The Hall–Kier alpha value is -1.76. The zero-order valence-electron chi connectivity index (χ0n) is 12.9. The summed E-state index contributed by atoms with van der Waals surface area (Å²) in [7, 11) is 0. The van der Waals surface area contributed by atoms with E-state index >= 15 is 0 Å². The molecular formula is C16H20F2N2O3. The van der Waals surface area contributed by atoms with Gasteiger partial charge in [0, 0.05) is 24.6 Å². The number of rotatable bonds is 7. The Morgan fingerprint density at radius 3 is 2.96 bits per heavy atom. The first-order valence-electron chi connectivity index (χ1n) is 7.87. The fraction of sp³-hybridized carbons (Fsp3) is 0.625. The van der Waals surface area contributed by atoms with Crippen LogP contribution in [0.5, 0.6) is 5.88 Å². The number of pyridine rings is 1. The van der Waals surface area contributed by atoms with Crippen molar-refractivity contribution in [3.63, 3.8) is 0 Å². The van der Waals surface area contributed by atoms with E-state index in [0.29, 0.717) is 31.1 Å². The molecule has 1 unspecified atom stereocenters. The Kier molecular flexibility index (Phi) is 4.48. The number of ether oxygens (including phenoxy) is 2. The van der Waals surface area contributed by atoms with Gasteiger partial charge in [-0.25, -0.2) is 4.98 Å². The van der Waals surface area contributed by atoms with E-state index in [2.05, 4.69) is 22.0 Å². The average molecular weight is 326 g/mol. The third-order valence-corrected chi connectivity index (χ3v) is 4.69. The first-order chi connectivity index (χ1) is 11.0. The lowest BCUT2D eigenvalue weighted by molar-refractivity contribution is -0.155. The summed E-state index contributed by atoms with van der Waals surface area (Å²) in [6.07, 6.45) is 4.08. The largest absolute Gasteiger partial charge is 0.417 e. The molecule has 1 aromatic heterocycles. The van der Waals surface area contributed by atoms with Gasteiger partial charge < -0.3 is 14.8 Å². The van der Waals surface area contributed by atoms with Crippen LogP contribution in [-0.2, 0) is 15.1 Å². The molecule has 126 valence electrons. The maximum Gasteiger partial charge on any atom is 0.388 e. The van der Waals surface area contributed by atoms with Crippen LogP contribution in [0.15, 0.2) is 18.3 Å². The number of amides is 1. The number of aromatic nitrogens is 1. The Balaban J connectivity index is 1.65. The molecule has 3 atom stereocenters. The smallest absolute Gasteiger partial charge is 0.388 e. The monoisotopic (exact) mass is 326 g/mol. The van der Waals surface area contributed by atoms with E-state index in [0.717, 1.165) is 12.8 Å². The van der Waals surface area contributed by atoms with Crippen molar-refractivity contribution in [2.75, 3.05) is 13.2 Å². The van der Waals surface area contributed by atoms with Gasteiger partial charge >= 0.3 is 6.61 Å². The quantitative estimate of drug-likeness (QED) is 0.836. The van der Waals surface area contributed by atoms with Gasteiger partial charge in [-0.15, -0.1) is 0 Å². The van der Waals surface area contributed by atoms with E-state index in [1.165, 1.54) is 12.3 Å². The minimum atomic E-state index is -2.92. The van der Waals surface area contributed by atoms with Crippen molar-refractivity contribution in [2.24, 2.45) is 11.8 Å². The second kappa shape index (κ2) is 6.39. The third kappa shape index (κ3) is 3.44. The van der Waals surface area contributed by atoms with E-state index < -0.39 is 12.2 Å². The van der Waals surface area contributed by atoms with E-state index in [1.54, 1.807) is 6.07 Å². The molecule has 1 saturated carbocycles. The average Bonchev–Trinajstić information content (AvgIpc) is 3.25. The highest BCUT2D eigenvalue weighted by Crippen LogP contribution is 2.42. The van der Waals surface area contributed by atoms with Gasteiger partial charge in [0.15, 0.2) is 0 Å². The maximum absolute atomic E-state index is 12.3. The van der Waals surface area contributed by atoms with Gasteiger partial charge in [0.25, 0.3) is 0 Å². The van der Waals surface area contributed by atoms with Gasteiger partial charge in [0.1, 0.15) is 5.60 Å². The molecule has 3 rings (SSSR count). The Morgan fingerprint density at radius 2 is 2.39 bits per heavy atom. The van der Waals surface area contributed by atoms with Crippen LogP contribution in [-0.4, -0.2) is 30.7 Å². The summed E-state index contributed by atoms with van der Waals surface area (Å²) < 4.78 is 34.6. The Bertz CT molecular complexity index is 578. The summed E-state index contributed by atoms with van der Waals surface area (Å²) in [4.78, 5) is 15.9. The summed E-state index contributed by atoms with van der Waals surface area (Å²) in [5.41, 5.74) is 0.0210. The topological polar surface area (TPSA) is 60.5 Å². The van der Waals surface area contributed by atoms with Crippen LogP contribution < -0.4 is 10.1 Å². The van der Waals surface area contributed by atoms with Crippen LogP contribution in [0, 0.1) is 11.8 Å². The second-order valence-electron chi connectivity index (χ2n) is 6.08. The van der Waals surface area contributed by atoms with E-state index in [-0.39, 0.29) is 17.7 Å². The molecule has 1 saturated heterocycles. The number of halogens is 2. The van der Waals surface area contributed by atoms with Crippen molar-refractivity contribution < 1.29 is 23.0 Å². The normalized spacial score (nSPS) is 29.0. The summed E-state index contributed by atoms with van der Waals surface area (Å²) in [6, 6.07) is 3.15. The lowest BCUT2D eigenvalue weighted by Gasteiger charge is -2.42. The number of nitrogens with zero attached hydrogens (tertiary/aromatic N) is 1. The molecule has 0 aromatic carbocycles. The molecule has 1 aromatic rings. The van der Waals surface area contributed by atoms with Crippen molar-refractivity contribution in [1.82, 2.24) is 10.3 Å². The number of hydrogen-bond acceptors (Lipinski definition) is 4. The molecular weight excluding hydrogens is 306 g/mol. The highest BCUT2D eigenvalue weighted by molar-refractivity contribution is 5.81. The Morgan fingerprint density at radius 1 is 1.61 bits per heavy atom. The molecule has 2 heterocycles. The van der Waals surface area contributed by atoms with Gasteiger partial charge in [-0.05, 0) is 24.0 Å². The molecule has 1 aliphatic carbocycles. The van der Waals surface area contributed by atoms with Crippen LogP contribution in [0.25, 0.3) is 0 Å². The fourth-order valence-corrected chi connectivity index (χ4v) is 3.05. The summed E-state index contributed by atoms with van der Waals surface area (Å²) in [6.45, 7) is 0.0634. The van der Waals surface area contributed by atoms with Crippen molar-refractivity contribution in [1.29, 1.82) is 0 Å². The third-order valence-electron chi connectivity index (χ3n) is 4.69. The van der Waals surface area contributed by atoms with Gasteiger partial charge in [0.2, 0.25) is 11.8 Å². The lowest BCUT2D eigenvalue weighted by atomic mass is 9.87. The number of carbonyl (C=O) groups excluding carboxylic acids is 1. The van der Waals surface area contributed by atoms with Crippen LogP contribution >= 0.6 is 0 Å². The van der Waals surface area contributed by atoms with Crippen LogP contribution in [0.3, 0.4) is 0 Å². The van der Waals surface area contributed by atoms with Crippen LogP contribution in [0.1, 0.15) is 31.7 Å². The van der Waals surface area contributed by atoms with Gasteiger partial charge in [-0.1, -0.05) is 13.3 Å². The van der Waals surface area contributed by atoms with E-state index in [4.69, 9.17) is 4.74 Å². The maximum atomic E-state index is 12.3. The first kappa shape index (κ1) is 16.1. The molecule has 1 aliphatic heterocycles. The second-order valence-corrected chi connectivity index (χ2v) is 6.08. The van der Waals surface area contributed by atoms with Crippen molar-refractivity contribution in [2.45, 2.75) is 38.4 Å². The predicted octanol–water partition coefficient (Wildman–Crippen LogP) is 2.46. The molecule has 23 heavy (non-hydrogen) atoms. The lowest BCUT2D eigenvalue weighted by Crippen LogP contribution is -2.50. The summed E-state index contributed by atoms with van der Waals surface area (Å²) in [5, 5.41) is 2.94. The van der Waals surface area contributed by atoms with Gasteiger partial charge in [-0.3, -0.25) is 4.79 Å². The zero-order valence-corrected chi connectivity index (χ0v) is 12.9. The molecule has 7 heteroatoms. The molecule has 0 bridgehead atoms. The minimum absolute atomic E-state index is 0.0461. The summed E-state index contributed by atoms with van der Waals surface area (Å²) >= 11 is 0. The van der Waals surface area contributed by atoms with Gasteiger partial charge in [-0.2, -0.15) is 8.78 Å². The number of alkyl halides is 2. The molecule has 0 radical (unpaired) electrons. The zero-order chi connectivity index (χ0) is 16.4. The predicted molar refractivity (Wildman–Crippen MR) is 78.0 cm³/mol. The molecule has 1 amide bonds. The highest BCUT2D eigenvalue weighted by Gasteiger charge is 2.44. The fourth-order valence-electron chi connectivity index (χ4n) is 3.05. The number of nitrogens with one attached hydrogen (secondary N) is 1. The molecule has 5 nitrogen and oxygen atoms in total. The van der Waals surface area contributed by atoms with Crippen molar-refractivity contribution >= 4 is 5.91 Å². The van der Waals surface area contributed by atoms with E-state index in [1.807, 2.05) is 0 Å².